The van der Waals surface area contributed by atoms with Crippen LogP contribution in [-0.4, -0.2) is 45.9 Å². The van der Waals surface area contributed by atoms with E-state index in [4.69, 9.17) is 5.11 Å². The smallest absolute Gasteiger partial charge is 0.0689 e. The Balaban J connectivity index is 4.49. The van der Waals surface area contributed by atoms with E-state index >= 15 is 0 Å². The number of aliphatic hydroxyl groups is 2. The first-order valence-electron chi connectivity index (χ1n) is 4.98. The summed E-state index contributed by atoms with van der Waals surface area (Å²) in [5.74, 6) is 0. The summed E-state index contributed by atoms with van der Waals surface area (Å²) in [6.07, 6.45) is -0.491. The zero-order valence-corrected chi connectivity index (χ0v) is 9.36. The molecule has 0 bridgehead atoms. The quantitative estimate of drug-likeness (QED) is 0.674. The third-order valence-corrected chi connectivity index (χ3v) is 2.32. The van der Waals surface area contributed by atoms with Crippen molar-refractivity contribution >= 4 is 0 Å². The van der Waals surface area contributed by atoms with Crippen LogP contribution in [0.15, 0.2) is 0 Å². The van der Waals surface area contributed by atoms with Crippen molar-refractivity contribution in [1.29, 1.82) is 0 Å². The molecule has 0 spiro atoms. The molecule has 0 amide bonds. The van der Waals surface area contributed by atoms with Gasteiger partial charge in [0.1, 0.15) is 0 Å². The molecule has 0 fully saturated rings. The topological polar surface area (TPSA) is 43.7 Å². The molecule has 0 aromatic carbocycles. The number of hydrogen-bond acceptors (Lipinski definition) is 3. The van der Waals surface area contributed by atoms with Crippen LogP contribution in [0.1, 0.15) is 34.6 Å². The molecule has 0 unspecified atom stereocenters. The van der Waals surface area contributed by atoms with E-state index in [-0.39, 0.29) is 12.6 Å². The van der Waals surface area contributed by atoms with Gasteiger partial charge in [0.2, 0.25) is 0 Å². The van der Waals surface area contributed by atoms with Gasteiger partial charge in [-0.3, -0.25) is 4.90 Å². The van der Waals surface area contributed by atoms with Crippen molar-refractivity contribution in [2.24, 2.45) is 0 Å². The number of hydrogen-bond donors (Lipinski definition) is 2. The summed E-state index contributed by atoms with van der Waals surface area (Å²) in [5.41, 5.74) is 0. The highest BCUT2D eigenvalue weighted by Gasteiger charge is 2.26. The first-order chi connectivity index (χ1) is 5.91. The Morgan fingerprint density at radius 2 is 1.38 bits per heavy atom. The van der Waals surface area contributed by atoms with E-state index in [1.54, 1.807) is 6.92 Å². The molecule has 13 heavy (non-hydrogen) atoms. The van der Waals surface area contributed by atoms with Gasteiger partial charge in [0.25, 0.3) is 0 Å². The molecule has 2 atom stereocenters. The Labute approximate surface area is 81.4 Å². The molecule has 0 heterocycles. The molecule has 80 valence electrons. The van der Waals surface area contributed by atoms with Gasteiger partial charge in [0, 0.05) is 12.1 Å². The van der Waals surface area contributed by atoms with Crippen molar-refractivity contribution in [3.8, 4) is 0 Å². The average molecular weight is 189 g/mol. The SMILES string of the molecule is CC(C)N(C(C)C)[C@@H](CO)[C@H](C)O. The van der Waals surface area contributed by atoms with Crippen molar-refractivity contribution in [2.75, 3.05) is 6.61 Å². The van der Waals surface area contributed by atoms with Crippen molar-refractivity contribution in [3.05, 3.63) is 0 Å². The predicted octanol–water partition coefficient (Wildman–Crippen LogP) is 0.847. The lowest BCUT2D eigenvalue weighted by molar-refractivity contribution is -0.00755. The highest BCUT2D eigenvalue weighted by atomic mass is 16.3. The molecule has 0 radical (unpaired) electrons. The van der Waals surface area contributed by atoms with E-state index in [2.05, 4.69) is 32.6 Å². The summed E-state index contributed by atoms with van der Waals surface area (Å²) in [5, 5.41) is 18.6. The maximum Gasteiger partial charge on any atom is 0.0689 e. The van der Waals surface area contributed by atoms with Crippen molar-refractivity contribution < 1.29 is 10.2 Å². The van der Waals surface area contributed by atoms with Crippen molar-refractivity contribution in [3.63, 3.8) is 0 Å². The largest absolute Gasteiger partial charge is 0.395 e. The minimum absolute atomic E-state index is 0.00796. The number of aliphatic hydroxyl groups excluding tert-OH is 2. The minimum atomic E-state index is -0.491. The summed E-state index contributed by atoms with van der Waals surface area (Å²) in [4.78, 5) is 2.13. The van der Waals surface area contributed by atoms with Crippen LogP contribution >= 0.6 is 0 Å². The van der Waals surface area contributed by atoms with Gasteiger partial charge in [0.05, 0.1) is 18.8 Å². The molecule has 2 N–H and O–H groups in total. The molecule has 0 aliphatic rings. The van der Waals surface area contributed by atoms with Crippen LogP contribution in [0.5, 0.6) is 0 Å². The van der Waals surface area contributed by atoms with Crippen LogP contribution in [0.25, 0.3) is 0 Å². The lowest BCUT2D eigenvalue weighted by atomic mass is 10.1. The van der Waals surface area contributed by atoms with Gasteiger partial charge >= 0.3 is 0 Å². The Hall–Kier alpha value is -0.120. The molecule has 0 saturated carbocycles. The first-order valence-corrected chi connectivity index (χ1v) is 4.98. The molecule has 0 aliphatic carbocycles. The maximum atomic E-state index is 9.48. The summed E-state index contributed by atoms with van der Waals surface area (Å²) < 4.78 is 0. The van der Waals surface area contributed by atoms with Gasteiger partial charge in [0.15, 0.2) is 0 Å². The second-order valence-electron chi connectivity index (χ2n) is 4.13. The number of rotatable bonds is 5. The van der Waals surface area contributed by atoms with Crippen LogP contribution in [0.4, 0.5) is 0 Å². The number of nitrogens with zero attached hydrogens (tertiary/aromatic N) is 1. The lowest BCUT2D eigenvalue weighted by Gasteiger charge is -2.38. The average Bonchev–Trinajstić information content (AvgIpc) is 1.97. The molecule has 0 saturated heterocycles. The van der Waals surface area contributed by atoms with Crippen LogP contribution < -0.4 is 0 Å². The highest BCUT2D eigenvalue weighted by Crippen LogP contribution is 2.13. The fourth-order valence-electron chi connectivity index (χ4n) is 1.86. The Morgan fingerprint density at radius 3 is 1.46 bits per heavy atom. The molecule has 3 nitrogen and oxygen atoms in total. The zero-order chi connectivity index (χ0) is 10.6. The van der Waals surface area contributed by atoms with E-state index in [9.17, 15) is 5.11 Å². The summed E-state index contributed by atoms with van der Waals surface area (Å²) in [7, 11) is 0. The zero-order valence-electron chi connectivity index (χ0n) is 9.36. The molecule has 0 aliphatic heterocycles. The molecular weight excluding hydrogens is 166 g/mol. The summed E-state index contributed by atoms with van der Waals surface area (Å²) in [6, 6.07) is 0.526. The molecule has 3 heteroatoms. The Morgan fingerprint density at radius 1 is 1.00 bits per heavy atom. The minimum Gasteiger partial charge on any atom is -0.395 e. The summed E-state index contributed by atoms with van der Waals surface area (Å²) >= 11 is 0. The predicted molar refractivity (Wildman–Crippen MR) is 54.7 cm³/mol. The third kappa shape index (κ3) is 3.63. The van der Waals surface area contributed by atoms with Crippen molar-refractivity contribution in [2.45, 2.75) is 58.8 Å². The van der Waals surface area contributed by atoms with Crippen LogP contribution in [0.3, 0.4) is 0 Å². The second-order valence-corrected chi connectivity index (χ2v) is 4.13. The van der Waals surface area contributed by atoms with Gasteiger partial charge in [-0.15, -0.1) is 0 Å². The maximum absolute atomic E-state index is 9.48. The molecule has 0 aromatic heterocycles. The summed E-state index contributed by atoms with van der Waals surface area (Å²) in [6.45, 7) is 10.0. The van der Waals surface area contributed by atoms with Crippen LogP contribution in [0.2, 0.25) is 0 Å². The fraction of sp³-hybridized carbons (Fsp3) is 1.00. The van der Waals surface area contributed by atoms with E-state index in [0.717, 1.165) is 0 Å². The van der Waals surface area contributed by atoms with Gasteiger partial charge < -0.3 is 10.2 Å². The van der Waals surface area contributed by atoms with Crippen LogP contribution in [-0.2, 0) is 0 Å². The molecule has 0 rings (SSSR count). The van der Waals surface area contributed by atoms with Gasteiger partial charge in [-0.05, 0) is 34.6 Å². The van der Waals surface area contributed by atoms with E-state index < -0.39 is 6.10 Å². The Kier molecular flexibility index (Phi) is 5.53. The fourth-order valence-corrected chi connectivity index (χ4v) is 1.86. The van der Waals surface area contributed by atoms with Gasteiger partial charge in [-0.2, -0.15) is 0 Å². The second kappa shape index (κ2) is 5.58. The standard InChI is InChI=1S/C10H23NO2/c1-7(2)11(8(3)4)10(6-12)9(5)13/h7-10,12-13H,6H2,1-5H3/t9-,10-/m0/s1. The normalized spacial score (nSPS) is 17.1. The first kappa shape index (κ1) is 12.9. The molecular formula is C10H23NO2. The van der Waals surface area contributed by atoms with Crippen molar-refractivity contribution in [1.82, 2.24) is 4.90 Å². The van der Waals surface area contributed by atoms with E-state index in [1.165, 1.54) is 0 Å². The molecule has 0 aromatic rings. The van der Waals surface area contributed by atoms with E-state index in [1.807, 2.05) is 0 Å². The third-order valence-electron chi connectivity index (χ3n) is 2.32. The lowest BCUT2D eigenvalue weighted by Crippen LogP contribution is -2.51. The van der Waals surface area contributed by atoms with Gasteiger partial charge in [-0.1, -0.05) is 0 Å². The Bertz CT molecular complexity index is 127. The van der Waals surface area contributed by atoms with Crippen LogP contribution in [0, 0.1) is 0 Å². The van der Waals surface area contributed by atoms with Gasteiger partial charge in [-0.25, -0.2) is 0 Å². The van der Waals surface area contributed by atoms with E-state index in [0.29, 0.717) is 12.1 Å². The monoisotopic (exact) mass is 189 g/mol. The highest BCUT2D eigenvalue weighted by molar-refractivity contribution is 4.80.